The minimum atomic E-state index is 0.724. The van der Waals surface area contributed by atoms with Gasteiger partial charge in [0, 0.05) is 5.02 Å². The van der Waals surface area contributed by atoms with Crippen LogP contribution < -0.4 is 5.01 Å². The summed E-state index contributed by atoms with van der Waals surface area (Å²) in [6, 6.07) is 28.5. The second-order valence-corrected chi connectivity index (χ2v) is 6.22. The van der Waals surface area contributed by atoms with Gasteiger partial charge in [-0.2, -0.15) is 5.10 Å². The summed E-state index contributed by atoms with van der Waals surface area (Å²) in [6.07, 6.45) is 0.847. The van der Waals surface area contributed by atoms with Crippen LogP contribution in [-0.4, -0.2) is 5.71 Å². The van der Waals surface area contributed by atoms with E-state index in [4.69, 9.17) is 16.7 Å². The van der Waals surface area contributed by atoms with Crippen molar-refractivity contribution >= 4 is 23.0 Å². The van der Waals surface area contributed by atoms with E-state index in [1.54, 1.807) is 0 Å². The number of hydrogen-bond donors (Lipinski definition) is 0. The molecule has 0 heterocycles. The van der Waals surface area contributed by atoms with Crippen LogP contribution in [0.5, 0.6) is 0 Å². The van der Waals surface area contributed by atoms with E-state index in [2.05, 4.69) is 48.3 Å². The molecule has 25 heavy (non-hydrogen) atoms. The van der Waals surface area contributed by atoms with Crippen LogP contribution in [0.2, 0.25) is 5.02 Å². The predicted molar refractivity (Wildman–Crippen MR) is 107 cm³/mol. The molecule has 0 saturated heterocycles. The number of nitrogens with zero attached hydrogens (tertiary/aromatic N) is 2. The normalized spacial score (nSPS) is 11.4. The monoisotopic (exact) mass is 348 g/mol. The van der Waals surface area contributed by atoms with Gasteiger partial charge in [-0.25, -0.2) is 0 Å². The van der Waals surface area contributed by atoms with Crippen LogP contribution in [-0.2, 0) is 6.54 Å². The average molecular weight is 349 g/mol. The molecule has 0 bridgehead atoms. The Morgan fingerprint density at radius 2 is 1.44 bits per heavy atom. The second-order valence-electron chi connectivity index (χ2n) is 5.79. The first-order chi connectivity index (χ1) is 12.3. The van der Waals surface area contributed by atoms with E-state index in [-0.39, 0.29) is 0 Å². The topological polar surface area (TPSA) is 15.6 Å². The van der Waals surface area contributed by atoms with Crippen LogP contribution in [0.4, 0.5) is 5.69 Å². The Labute approximate surface area is 154 Å². The molecule has 0 aromatic heterocycles. The molecule has 3 aromatic rings. The third-order valence-corrected chi connectivity index (χ3v) is 4.24. The van der Waals surface area contributed by atoms with Crippen LogP contribution in [0.25, 0.3) is 0 Å². The van der Waals surface area contributed by atoms with Crippen molar-refractivity contribution in [2.75, 3.05) is 5.01 Å². The Morgan fingerprint density at radius 1 is 0.840 bits per heavy atom. The first-order valence-electron chi connectivity index (χ1n) is 8.46. The molecule has 2 nitrogen and oxygen atoms in total. The molecular formula is C22H21ClN2. The number of hydrogen-bond acceptors (Lipinski definition) is 2. The quantitative estimate of drug-likeness (QED) is 0.384. The molecule has 0 atom stereocenters. The van der Waals surface area contributed by atoms with Crippen molar-refractivity contribution in [1.82, 2.24) is 0 Å². The fourth-order valence-corrected chi connectivity index (χ4v) is 2.79. The smallest absolute Gasteiger partial charge is 0.0679 e. The third-order valence-electron chi connectivity index (χ3n) is 3.98. The first-order valence-corrected chi connectivity index (χ1v) is 8.84. The highest BCUT2D eigenvalue weighted by molar-refractivity contribution is 6.30. The standard InChI is InChI=1S/C22H21ClN2/c1-2-22(19-13-15-20(23)16-14-19)24-25(21-11-7-4-8-12-21)17-18-9-5-3-6-10-18/h3-16H,2,17H2,1H3/b24-22-. The number of hydrazone groups is 1. The van der Waals surface area contributed by atoms with Gasteiger partial charge in [-0.15, -0.1) is 0 Å². The molecular weight excluding hydrogens is 328 g/mol. The van der Waals surface area contributed by atoms with Crippen molar-refractivity contribution in [2.24, 2.45) is 5.10 Å². The molecule has 3 aromatic carbocycles. The molecule has 0 fully saturated rings. The van der Waals surface area contributed by atoms with Crippen LogP contribution in [0.15, 0.2) is 90.0 Å². The van der Waals surface area contributed by atoms with Gasteiger partial charge in [-0.1, -0.05) is 79.2 Å². The van der Waals surface area contributed by atoms with E-state index in [0.29, 0.717) is 0 Å². The van der Waals surface area contributed by atoms with Gasteiger partial charge in [-0.3, -0.25) is 5.01 Å². The second kappa shape index (κ2) is 8.50. The molecule has 3 heteroatoms. The van der Waals surface area contributed by atoms with E-state index >= 15 is 0 Å². The summed E-state index contributed by atoms with van der Waals surface area (Å²) in [4.78, 5) is 0. The minimum absolute atomic E-state index is 0.724. The summed E-state index contributed by atoms with van der Waals surface area (Å²) in [5.74, 6) is 0. The van der Waals surface area contributed by atoms with Gasteiger partial charge in [-0.05, 0) is 41.8 Å². The van der Waals surface area contributed by atoms with Gasteiger partial charge < -0.3 is 0 Å². The van der Waals surface area contributed by atoms with Gasteiger partial charge in [0.05, 0.1) is 17.9 Å². The van der Waals surface area contributed by atoms with Crippen LogP contribution >= 0.6 is 11.6 Å². The maximum absolute atomic E-state index is 6.02. The zero-order valence-electron chi connectivity index (χ0n) is 14.3. The summed E-state index contributed by atoms with van der Waals surface area (Å²) in [6.45, 7) is 2.85. The van der Waals surface area contributed by atoms with Gasteiger partial charge in [0.15, 0.2) is 0 Å². The zero-order chi connectivity index (χ0) is 17.5. The third kappa shape index (κ3) is 4.71. The van der Waals surface area contributed by atoms with Crippen molar-refractivity contribution in [3.63, 3.8) is 0 Å². The molecule has 0 aliphatic carbocycles. The summed E-state index contributed by atoms with van der Waals surface area (Å²) >= 11 is 6.02. The highest BCUT2D eigenvalue weighted by Gasteiger charge is 2.09. The first kappa shape index (κ1) is 17.2. The molecule has 0 saturated carbocycles. The summed E-state index contributed by atoms with van der Waals surface area (Å²) in [7, 11) is 0. The van der Waals surface area contributed by atoms with E-state index in [1.807, 2.05) is 48.5 Å². The Morgan fingerprint density at radius 3 is 2.04 bits per heavy atom. The highest BCUT2D eigenvalue weighted by atomic mass is 35.5. The molecule has 0 aliphatic heterocycles. The Balaban J connectivity index is 1.96. The number of anilines is 1. The number of rotatable bonds is 6. The van der Waals surface area contributed by atoms with Gasteiger partial charge in [0.1, 0.15) is 0 Å². The van der Waals surface area contributed by atoms with Crippen molar-refractivity contribution in [2.45, 2.75) is 19.9 Å². The molecule has 0 unspecified atom stereocenters. The average Bonchev–Trinajstić information content (AvgIpc) is 2.67. The fraction of sp³-hybridized carbons (Fsp3) is 0.136. The summed E-state index contributed by atoms with van der Waals surface area (Å²) in [5.41, 5.74) is 4.44. The molecule has 0 aliphatic rings. The lowest BCUT2D eigenvalue weighted by Crippen LogP contribution is -2.19. The van der Waals surface area contributed by atoms with E-state index < -0.39 is 0 Å². The van der Waals surface area contributed by atoms with Crippen LogP contribution in [0.3, 0.4) is 0 Å². The molecule has 0 radical (unpaired) electrons. The van der Waals surface area contributed by atoms with E-state index in [1.165, 1.54) is 5.56 Å². The van der Waals surface area contributed by atoms with Gasteiger partial charge in [0.25, 0.3) is 0 Å². The Bertz CT molecular complexity index is 812. The summed E-state index contributed by atoms with van der Waals surface area (Å²) < 4.78 is 0. The van der Waals surface area contributed by atoms with Crippen LogP contribution in [0, 0.1) is 0 Å². The van der Waals surface area contributed by atoms with Gasteiger partial charge in [0.2, 0.25) is 0 Å². The lowest BCUT2D eigenvalue weighted by atomic mass is 10.1. The van der Waals surface area contributed by atoms with E-state index in [0.717, 1.165) is 35.0 Å². The summed E-state index contributed by atoms with van der Waals surface area (Å²) in [5, 5.41) is 7.76. The molecule has 0 N–H and O–H groups in total. The molecule has 0 spiro atoms. The Kier molecular flexibility index (Phi) is 5.86. The lowest BCUT2D eigenvalue weighted by molar-refractivity contribution is 0.850. The number of para-hydroxylation sites is 1. The van der Waals surface area contributed by atoms with Gasteiger partial charge >= 0.3 is 0 Å². The molecule has 126 valence electrons. The SMILES string of the molecule is CC/C(=N/N(Cc1ccccc1)c1ccccc1)c1ccc(Cl)cc1. The van der Waals surface area contributed by atoms with Crippen LogP contribution in [0.1, 0.15) is 24.5 Å². The van der Waals surface area contributed by atoms with Crippen molar-refractivity contribution in [3.05, 3.63) is 101 Å². The Hall–Kier alpha value is -2.58. The molecule has 3 rings (SSSR count). The zero-order valence-corrected chi connectivity index (χ0v) is 15.0. The van der Waals surface area contributed by atoms with Crippen molar-refractivity contribution in [3.8, 4) is 0 Å². The maximum atomic E-state index is 6.02. The fourth-order valence-electron chi connectivity index (χ4n) is 2.66. The molecule has 0 amide bonds. The van der Waals surface area contributed by atoms with Crippen molar-refractivity contribution in [1.29, 1.82) is 0 Å². The number of halogens is 1. The largest absolute Gasteiger partial charge is 0.261 e. The lowest BCUT2D eigenvalue weighted by Gasteiger charge is -2.21. The van der Waals surface area contributed by atoms with E-state index in [9.17, 15) is 0 Å². The maximum Gasteiger partial charge on any atom is 0.0679 e. The highest BCUT2D eigenvalue weighted by Crippen LogP contribution is 2.19. The predicted octanol–water partition coefficient (Wildman–Crippen LogP) is 6.16. The number of benzene rings is 3. The van der Waals surface area contributed by atoms with Crippen molar-refractivity contribution < 1.29 is 0 Å². The minimum Gasteiger partial charge on any atom is -0.261 e.